The molecule has 8 heteroatoms. The minimum Gasteiger partial charge on any atom is -0.350 e. The van der Waals surface area contributed by atoms with E-state index in [4.69, 9.17) is 5.73 Å². The van der Waals surface area contributed by atoms with Gasteiger partial charge in [0.2, 0.25) is 11.8 Å². The molecule has 1 aromatic rings. The molecule has 0 spiro atoms. The van der Waals surface area contributed by atoms with Gasteiger partial charge in [0.05, 0.1) is 13.1 Å². The second-order valence-electron chi connectivity index (χ2n) is 6.51. The number of hydrogen-bond acceptors (Lipinski definition) is 4. The zero-order valence-electron chi connectivity index (χ0n) is 15.2. The molecule has 1 unspecified atom stereocenters. The average Bonchev–Trinajstić information content (AvgIpc) is 2.59. The molecule has 2 amide bonds. The third-order valence-corrected chi connectivity index (χ3v) is 4.36. The SMILES string of the molecule is CC1CCCN(Cc2ccccc2CNC(=O)CNC(=O)CN)C1.Cl.Cl. The molecule has 0 bridgehead atoms. The van der Waals surface area contributed by atoms with Gasteiger partial charge in [-0.15, -0.1) is 24.8 Å². The minimum absolute atomic E-state index is 0. The van der Waals surface area contributed by atoms with Crippen molar-refractivity contribution in [2.45, 2.75) is 32.9 Å². The number of amides is 2. The van der Waals surface area contributed by atoms with E-state index in [2.05, 4.69) is 28.5 Å². The van der Waals surface area contributed by atoms with Crippen LogP contribution in [0, 0.1) is 5.92 Å². The molecule has 1 atom stereocenters. The van der Waals surface area contributed by atoms with Crippen LogP contribution in [-0.4, -0.2) is 42.9 Å². The van der Waals surface area contributed by atoms with Crippen molar-refractivity contribution in [1.29, 1.82) is 0 Å². The minimum atomic E-state index is -0.329. The maximum absolute atomic E-state index is 11.8. The summed E-state index contributed by atoms with van der Waals surface area (Å²) in [5.41, 5.74) is 7.56. The van der Waals surface area contributed by atoms with Gasteiger partial charge in [0.1, 0.15) is 0 Å². The Labute approximate surface area is 168 Å². The van der Waals surface area contributed by atoms with Crippen molar-refractivity contribution in [2.75, 3.05) is 26.2 Å². The normalized spacial score (nSPS) is 16.8. The first-order valence-electron chi connectivity index (χ1n) is 8.61. The second-order valence-corrected chi connectivity index (χ2v) is 6.51. The highest BCUT2D eigenvalue weighted by molar-refractivity contribution is 5.86. The van der Waals surface area contributed by atoms with Crippen LogP contribution in [0.3, 0.4) is 0 Å². The molecule has 148 valence electrons. The van der Waals surface area contributed by atoms with E-state index in [1.165, 1.54) is 18.4 Å². The van der Waals surface area contributed by atoms with Crippen LogP contribution in [0.1, 0.15) is 30.9 Å². The Morgan fingerprint density at radius 3 is 2.50 bits per heavy atom. The lowest BCUT2D eigenvalue weighted by Gasteiger charge is -2.31. The van der Waals surface area contributed by atoms with Gasteiger partial charge in [-0.2, -0.15) is 0 Å². The van der Waals surface area contributed by atoms with Crippen LogP contribution in [0.2, 0.25) is 0 Å². The maximum Gasteiger partial charge on any atom is 0.239 e. The quantitative estimate of drug-likeness (QED) is 0.641. The molecule has 1 aliphatic rings. The highest BCUT2D eigenvalue weighted by atomic mass is 35.5. The highest BCUT2D eigenvalue weighted by Crippen LogP contribution is 2.19. The van der Waals surface area contributed by atoms with Crippen LogP contribution in [-0.2, 0) is 22.7 Å². The lowest BCUT2D eigenvalue weighted by atomic mass is 9.99. The Morgan fingerprint density at radius 1 is 1.15 bits per heavy atom. The molecular weight excluding hydrogens is 375 g/mol. The Hall–Kier alpha value is -1.34. The Kier molecular flexibility index (Phi) is 12.3. The predicted molar refractivity (Wildman–Crippen MR) is 109 cm³/mol. The number of carbonyl (C=O) groups is 2. The van der Waals surface area contributed by atoms with E-state index in [1.54, 1.807) is 0 Å². The van der Waals surface area contributed by atoms with E-state index >= 15 is 0 Å². The van der Waals surface area contributed by atoms with Crippen LogP contribution >= 0.6 is 24.8 Å². The first-order chi connectivity index (χ1) is 11.6. The first kappa shape index (κ1) is 24.7. The molecule has 26 heavy (non-hydrogen) atoms. The van der Waals surface area contributed by atoms with Gasteiger partial charge < -0.3 is 16.4 Å². The average molecular weight is 405 g/mol. The monoisotopic (exact) mass is 404 g/mol. The molecule has 0 saturated carbocycles. The van der Waals surface area contributed by atoms with Crippen LogP contribution in [0.5, 0.6) is 0 Å². The number of carbonyl (C=O) groups excluding carboxylic acids is 2. The lowest BCUT2D eigenvalue weighted by molar-refractivity contribution is -0.125. The molecule has 1 aliphatic heterocycles. The van der Waals surface area contributed by atoms with Crippen LogP contribution in [0.15, 0.2) is 24.3 Å². The topological polar surface area (TPSA) is 87.5 Å². The van der Waals surface area contributed by atoms with Crippen LogP contribution in [0.4, 0.5) is 0 Å². The summed E-state index contributed by atoms with van der Waals surface area (Å²) in [6.07, 6.45) is 2.56. The number of likely N-dealkylation sites (tertiary alicyclic amines) is 1. The summed E-state index contributed by atoms with van der Waals surface area (Å²) in [4.78, 5) is 25.4. The van der Waals surface area contributed by atoms with Gasteiger partial charge in [-0.3, -0.25) is 14.5 Å². The number of halogens is 2. The van der Waals surface area contributed by atoms with E-state index in [0.29, 0.717) is 6.54 Å². The molecule has 0 radical (unpaired) electrons. The fourth-order valence-electron chi connectivity index (χ4n) is 3.06. The Morgan fingerprint density at radius 2 is 1.85 bits per heavy atom. The van der Waals surface area contributed by atoms with E-state index in [-0.39, 0.29) is 49.7 Å². The van der Waals surface area contributed by atoms with E-state index in [9.17, 15) is 9.59 Å². The second kappa shape index (κ2) is 12.9. The lowest BCUT2D eigenvalue weighted by Crippen LogP contribution is -2.39. The standard InChI is InChI=1S/C18H28N4O2.2ClH/c1-14-5-4-8-22(12-14)13-16-7-3-2-6-15(16)10-20-18(24)11-21-17(23)9-19;;/h2-3,6-7,14H,4-5,8-13,19H2,1H3,(H,20,24)(H,21,23);2*1H. The number of hydrogen-bond donors (Lipinski definition) is 3. The third-order valence-electron chi connectivity index (χ3n) is 4.36. The van der Waals surface area contributed by atoms with Gasteiger partial charge in [-0.1, -0.05) is 31.2 Å². The van der Waals surface area contributed by atoms with E-state index < -0.39 is 0 Å². The van der Waals surface area contributed by atoms with Crippen molar-refractivity contribution in [3.05, 3.63) is 35.4 Å². The summed E-state index contributed by atoms with van der Waals surface area (Å²) >= 11 is 0. The number of rotatable bonds is 7. The molecule has 2 rings (SSSR count). The van der Waals surface area contributed by atoms with Gasteiger partial charge in [0, 0.05) is 19.6 Å². The number of nitrogens with zero attached hydrogens (tertiary/aromatic N) is 1. The molecular formula is C18H30Cl2N4O2. The Balaban J connectivity index is 0.00000312. The number of piperidine rings is 1. The van der Waals surface area contributed by atoms with Crippen molar-refractivity contribution in [1.82, 2.24) is 15.5 Å². The maximum atomic E-state index is 11.8. The van der Waals surface area contributed by atoms with Crippen LogP contribution in [0.25, 0.3) is 0 Å². The van der Waals surface area contributed by atoms with Gasteiger partial charge in [-0.25, -0.2) is 0 Å². The van der Waals surface area contributed by atoms with E-state index in [0.717, 1.165) is 31.1 Å². The van der Waals surface area contributed by atoms with Crippen molar-refractivity contribution in [3.63, 3.8) is 0 Å². The summed E-state index contributed by atoms with van der Waals surface area (Å²) in [6.45, 7) is 5.80. The summed E-state index contributed by atoms with van der Waals surface area (Å²) in [5, 5.41) is 5.32. The number of nitrogens with one attached hydrogen (secondary N) is 2. The fourth-order valence-corrected chi connectivity index (χ4v) is 3.06. The largest absolute Gasteiger partial charge is 0.350 e. The predicted octanol–water partition coefficient (Wildman–Crippen LogP) is 1.45. The summed E-state index contributed by atoms with van der Waals surface area (Å²) in [6, 6.07) is 8.19. The fraction of sp³-hybridized carbons (Fsp3) is 0.556. The summed E-state index contributed by atoms with van der Waals surface area (Å²) < 4.78 is 0. The summed E-state index contributed by atoms with van der Waals surface area (Å²) in [5.74, 6) is 0.208. The van der Waals surface area contributed by atoms with E-state index in [1.807, 2.05) is 18.2 Å². The molecule has 1 saturated heterocycles. The molecule has 1 fully saturated rings. The smallest absolute Gasteiger partial charge is 0.239 e. The number of nitrogens with two attached hydrogens (primary N) is 1. The van der Waals surface area contributed by atoms with Gasteiger partial charge >= 0.3 is 0 Å². The molecule has 4 N–H and O–H groups in total. The van der Waals surface area contributed by atoms with Crippen LogP contribution < -0.4 is 16.4 Å². The van der Waals surface area contributed by atoms with Crippen molar-refractivity contribution in [2.24, 2.45) is 11.7 Å². The van der Waals surface area contributed by atoms with Gasteiger partial charge in [0.15, 0.2) is 0 Å². The third kappa shape index (κ3) is 8.36. The van der Waals surface area contributed by atoms with Crippen molar-refractivity contribution in [3.8, 4) is 0 Å². The zero-order valence-corrected chi connectivity index (χ0v) is 16.8. The summed E-state index contributed by atoms with van der Waals surface area (Å²) in [7, 11) is 0. The molecule has 0 aliphatic carbocycles. The molecule has 0 aromatic heterocycles. The zero-order chi connectivity index (χ0) is 17.4. The Bertz CT molecular complexity index is 572. The van der Waals surface area contributed by atoms with Gasteiger partial charge in [0.25, 0.3) is 0 Å². The molecule has 1 heterocycles. The molecule has 6 nitrogen and oxygen atoms in total. The van der Waals surface area contributed by atoms with Crippen molar-refractivity contribution >= 4 is 36.6 Å². The van der Waals surface area contributed by atoms with Crippen molar-refractivity contribution < 1.29 is 9.59 Å². The highest BCUT2D eigenvalue weighted by Gasteiger charge is 2.17. The molecule has 1 aromatic carbocycles. The van der Waals surface area contributed by atoms with Gasteiger partial charge in [-0.05, 0) is 36.4 Å². The number of benzene rings is 1. The first-order valence-corrected chi connectivity index (χ1v) is 8.61.